The Balaban J connectivity index is 1.90. The summed E-state index contributed by atoms with van der Waals surface area (Å²) in [6.45, 7) is 4.03. The minimum atomic E-state index is -0.0737. The molecule has 3 aromatic rings. The molecular formula is C20H22N2O3. The van der Waals surface area contributed by atoms with Crippen molar-refractivity contribution in [3.05, 3.63) is 58.8 Å². The maximum absolute atomic E-state index is 12.7. The molecule has 1 aromatic heterocycles. The monoisotopic (exact) mass is 338 g/mol. The lowest BCUT2D eigenvalue weighted by Crippen LogP contribution is -2.29. The molecule has 5 nitrogen and oxygen atoms in total. The number of aromatic nitrogens is 1. The van der Waals surface area contributed by atoms with Crippen LogP contribution >= 0.6 is 0 Å². The van der Waals surface area contributed by atoms with Crippen LogP contribution in [0.2, 0.25) is 0 Å². The van der Waals surface area contributed by atoms with Crippen molar-refractivity contribution in [2.24, 2.45) is 0 Å². The maximum Gasteiger partial charge on any atom is 0.239 e. The highest BCUT2D eigenvalue weighted by molar-refractivity contribution is 5.94. The van der Waals surface area contributed by atoms with Crippen LogP contribution in [0.15, 0.2) is 53.3 Å². The van der Waals surface area contributed by atoms with Crippen molar-refractivity contribution < 1.29 is 9.53 Å². The van der Waals surface area contributed by atoms with E-state index in [0.717, 1.165) is 17.5 Å². The summed E-state index contributed by atoms with van der Waals surface area (Å²) in [6, 6.07) is 14.8. The smallest absolute Gasteiger partial charge is 0.239 e. The molecule has 1 heterocycles. The number of amides is 1. The van der Waals surface area contributed by atoms with Gasteiger partial charge in [0.25, 0.3) is 0 Å². The molecule has 0 saturated heterocycles. The number of ether oxygens (including phenoxy) is 1. The molecule has 25 heavy (non-hydrogen) atoms. The minimum absolute atomic E-state index is 0.000396. The first kappa shape index (κ1) is 17.2. The van der Waals surface area contributed by atoms with Crippen LogP contribution < -0.4 is 10.7 Å². The fourth-order valence-corrected chi connectivity index (χ4v) is 2.99. The molecule has 0 spiro atoms. The number of nitrogens with zero attached hydrogens (tertiary/aromatic N) is 1. The molecular weight excluding hydrogens is 316 g/mol. The Morgan fingerprint density at radius 3 is 2.24 bits per heavy atom. The molecule has 0 aliphatic carbocycles. The molecule has 1 N–H and O–H groups in total. The Morgan fingerprint density at radius 2 is 1.64 bits per heavy atom. The largest absolute Gasteiger partial charge is 0.382 e. The minimum Gasteiger partial charge on any atom is -0.382 e. The van der Waals surface area contributed by atoms with Crippen LogP contribution in [0.5, 0.6) is 0 Å². The average molecular weight is 338 g/mol. The van der Waals surface area contributed by atoms with Gasteiger partial charge in [-0.05, 0) is 37.6 Å². The fourth-order valence-electron chi connectivity index (χ4n) is 2.99. The Labute approximate surface area is 146 Å². The van der Waals surface area contributed by atoms with E-state index in [1.165, 1.54) is 0 Å². The number of hydrogen-bond acceptors (Lipinski definition) is 3. The van der Waals surface area contributed by atoms with Gasteiger partial charge >= 0.3 is 0 Å². The van der Waals surface area contributed by atoms with Crippen molar-refractivity contribution in [2.75, 3.05) is 19.8 Å². The summed E-state index contributed by atoms with van der Waals surface area (Å²) in [7, 11) is 0. The van der Waals surface area contributed by atoms with Gasteiger partial charge in [-0.25, -0.2) is 0 Å². The van der Waals surface area contributed by atoms with Crippen molar-refractivity contribution in [2.45, 2.75) is 19.9 Å². The van der Waals surface area contributed by atoms with E-state index in [-0.39, 0.29) is 17.9 Å². The van der Waals surface area contributed by atoms with Crippen molar-refractivity contribution in [1.82, 2.24) is 9.88 Å². The molecule has 0 aliphatic heterocycles. The second-order valence-corrected chi connectivity index (χ2v) is 5.85. The number of nitrogens with one attached hydrogen (secondary N) is 1. The quantitative estimate of drug-likeness (QED) is 0.532. The van der Waals surface area contributed by atoms with Crippen LogP contribution in [0.4, 0.5) is 0 Å². The van der Waals surface area contributed by atoms with Gasteiger partial charge in [0.15, 0.2) is 5.43 Å². The molecule has 0 radical (unpaired) electrons. The number of carbonyl (C=O) groups excluding carboxylic acids is 1. The number of benzene rings is 2. The molecule has 0 fully saturated rings. The van der Waals surface area contributed by atoms with E-state index in [9.17, 15) is 9.59 Å². The number of fused-ring (bicyclic) bond motifs is 2. The third-order valence-electron chi connectivity index (χ3n) is 4.17. The molecule has 0 saturated carbocycles. The summed E-state index contributed by atoms with van der Waals surface area (Å²) >= 11 is 0. The van der Waals surface area contributed by atoms with E-state index in [2.05, 4.69) is 5.32 Å². The van der Waals surface area contributed by atoms with Gasteiger partial charge < -0.3 is 14.6 Å². The molecule has 0 unspecified atom stereocenters. The lowest BCUT2D eigenvalue weighted by Gasteiger charge is -2.15. The molecule has 2 aromatic carbocycles. The number of hydrogen-bond donors (Lipinski definition) is 1. The van der Waals surface area contributed by atoms with Crippen LogP contribution in [0.3, 0.4) is 0 Å². The lowest BCUT2D eigenvalue weighted by atomic mass is 10.1. The molecule has 0 aliphatic rings. The summed E-state index contributed by atoms with van der Waals surface area (Å²) in [5, 5.41) is 4.18. The number of rotatable bonds is 7. The molecule has 130 valence electrons. The summed E-state index contributed by atoms with van der Waals surface area (Å²) in [5.41, 5.74) is 1.55. The van der Waals surface area contributed by atoms with Gasteiger partial charge in [-0.2, -0.15) is 0 Å². The predicted molar refractivity (Wildman–Crippen MR) is 99.8 cm³/mol. The number of para-hydroxylation sites is 2. The summed E-state index contributed by atoms with van der Waals surface area (Å²) in [5.74, 6) is -0.0737. The number of carbonyl (C=O) groups is 1. The van der Waals surface area contributed by atoms with E-state index in [1.54, 1.807) is 12.1 Å². The van der Waals surface area contributed by atoms with Gasteiger partial charge in [-0.3, -0.25) is 9.59 Å². The molecule has 3 rings (SSSR count). The van der Waals surface area contributed by atoms with Crippen LogP contribution in [0, 0.1) is 0 Å². The Kier molecular flexibility index (Phi) is 5.46. The van der Waals surface area contributed by atoms with E-state index in [0.29, 0.717) is 30.5 Å². The van der Waals surface area contributed by atoms with Crippen molar-refractivity contribution in [1.29, 1.82) is 0 Å². The Morgan fingerprint density at radius 1 is 1.04 bits per heavy atom. The van der Waals surface area contributed by atoms with E-state index in [4.69, 9.17) is 4.74 Å². The van der Waals surface area contributed by atoms with Crippen LogP contribution in [0.1, 0.15) is 13.3 Å². The normalized spacial score (nSPS) is 11.1. The van der Waals surface area contributed by atoms with Crippen LogP contribution in [-0.2, 0) is 16.1 Å². The van der Waals surface area contributed by atoms with Crippen molar-refractivity contribution in [3.8, 4) is 0 Å². The van der Waals surface area contributed by atoms with Crippen molar-refractivity contribution in [3.63, 3.8) is 0 Å². The SMILES string of the molecule is CCOCCCNC(=O)Cn1c2ccccc2c(=O)c2ccccc21. The summed E-state index contributed by atoms with van der Waals surface area (Å²) in [6.07, 6.45) is 0.783. The number of pyridine rings is 1. The highest BCUT2D eigenvalue weighted by atomic mass is 16.5. The van der Waals surface area contributed by atoms with Gasteiger partial charge in [-0.1, -0.05) is 24.3 Å². The second-order valence-electron chi connectivity index (χ2n) is 5.85. The predicted octanol–water partition coefficient (Wildman–Crippen LogP) is 2.70. The first-order valence-electron chi connectivity index (χ1n) is 8.57. The fraction of sp³-hybridized carbons (Fsp3) is 0.300. The average Bonchev–Trinajstić information content (AvgIpc) is 2.65. The lowest BCUT2D eigenvalue weighted by molar-refractivity contribution is -0.121. The summed E-state index contributed by atoms with van der Waals surface area (Å²) < 4.78 is 7.18. The highest BCUT2D eigenvalue weighted by Crippen LogP contribution is 2.18. The Hall–Kier alpha value is -2.66. The maximum atomic E-state index is 12.7. The topological polar surface area (TPSA) is 60.3 Å². The first-order valence-corrected chi connectivity index (χ1v) is 8.57. The molecule has 0 atom stereocenters. The first-order chi connectivity index (χ1) is 12.2. The van der Waals surface area contributed by atoms with Gasteiger partial charge in [0.05, 0.1) is 11.0 Å². The van der Waals surface area contributed by atoms with Gasteiger partial charge in [0, 0.05) is 30.5 Å². The highest BCUT2D eigenvalue weighted by Gasteiger charge is 2.12. The zero-order valence-electron chi connectivity index (χ0n) is 14.3. The molecule has 1 amide bonds. The van der Waals surface area contributed by atoms with Gasteiger partial charge in [-0.15, -0.1) is 0 Å². The second kappa shape index (κ2) is 7.94. The zero-order valence-corrected chi connectivity index (χ0v) is 14.3. The standard InChI is InChI=1S/C20H22N2O3/c1-2-25-13-7-12-21-19(23)14-22-17-10-5-3-8-15(17)20(24)16-9-4-6-11-18(16)22/h3-6,8-11H,2,7,12-14H2,1H3,(H,21,23). The van der Waals surface area contributed by atoms with E-state index < -0.39 is 0 Å². The molecule has 5 heteroatoms. The third-order valence-corrected chi connectivity index (χ3v) is 4.17. The third kappa shape index (κ3) is 3.72. The van der Waals surface area contributed by atoms with Crippen LogP contribution in [-0.4, -0.2) is 30.2 Å². The van der Waals surface area contributed by atoms with Crippen LogP contribution in [0.25, 0.3) is 21.8 Å². The van der Waals surface area contributed by atoms with E-state index in [1.807, 2.05) is 47.9 Å². The van der Waals surface area contributed by atoms with Gasteiger partial charge in [0.2, 0.25) is 5.91 Å². The van der Waals surface area contributed by atoms with Gasteiger partial charge in [0.1, 0.15) is 6.54 Å². The Bertz CT molecular complexity index is 886. The van der Waals surface area contributed by atoms with Crippen molar-refractivity contribution >= 4 is 27.7 Å². The van der Waals surface area contributed by atoms with E-state index >= 15 is 0 Å². The summed E-state index contributed by atoms with van der Waals surface area (Å²) in [4.78, 5) is 25.0. The zero-order chi connectivity index (χ0) is 17.6. The molecule has 0 bridgehead atoms.